The smallest absolute Gasteiger partial charge is 0.304 e. The van der Waals surface area contributed by atoms with Gasteiger partial charge in [0.05, 0.1) is 10.9 Å². The van der Waals surface area contributed by atoms with Gasteiger partial charge in [-0.1, -0.05) is 0 Å². The van der Waals surface area contributed by atoms with E-state index >= 15 is 0 Å². The second-order valence-corrected chi connectivity index (χ2v) is 9.71. The Bertz CT molecular complexity index is 1310. The molecule has 184 valence electrons. The molecule has 35 heavy (non-hydrogen) atoms. The lowest BCUT2D eigenvalue weighted by molar-refractivity contribution is -0.114. The lowest BCUT2D eigenvalue weighted by Gasteiger charge is -2.55. The van der Waals surface area contributed by atoms with E-state index in [1.54, 1.807) is 12.3 Å². The van der Waals surface area contributed by atoms with E-state index in [-0.39, 0.29) is 23.7 Å². The van der Waals surface area contributed by atoms with Crippen LogP contribution < -0.4 is 15.0 Å². The number of carbonyl (C=O) groups excluding carboxylic acids is 1. The monoisotopic (exact) mass is 484 g/mol. The van der Waals surface area contributed by atoms with Gasteiger partial charge >= 0.3 is 5.92 Å². The van der Waals surface area contributed by atoms with E-state index in [4.69, 9.17) is 9.84 Å². The number of pyridine rings is 1. The van der Waals surface area contributed by atoms with Crippen LogP contribution in [0.2, 0.25) is 0 Å². The van der Waals surface area contributed by atoms with Crippen molar-refractivity contribution >= 4 is 28.4 Å². The van der Waals surface area contributed by atoms with Gasteiger partial charge in [0.1, 0.15) is 11.9 Å². The Labute approximate surface area is 200 Å². The number of carbonyl (C=O) groups is 1. The highest BCUT2D eigenvalue weighted by Crippen LogP contribution is 2.37. The maximum Gasteiger partial charge on any atom is 0.304 e. The van der Waals surface area contributed by atoms with E-state index in [1.165, 1.54) is 17.7 Å². The van der Waals surface area contributed by atoms with Gasteiger partial charge in [-0.05, 0) is 26.3 Å². The predicted molar refractivity (Wildman–Crippen MR) is 124 cm³/mol. The topological polar surface area (TPSA) is 101 Å². The third-order valence-electron chi connectivity index (χ3n) is 6.82. The Balaban J connectivity index is 1.49. The highest BCUT2D eigenvalue weighted by molar-refractivity contribution is 5.95. The molecule has 3 aromatic heterocycles. The molecular weight excluding hydrogens is 458 g/mol. The van der Waals surface area contributed by atoms with Crippen molar-refractivity contribution < 1.29 is 18.3 Å². The molecule has 0 radical (unpaired) electrons. The predicted octanol–water partition coefficient (Wildman–Crippen LogP) is 2.71. The minimum atomic E-state index is -3.26. The standard InChI is InChI=1S/C23H26F2N8O2/c1-12(34)27-18-7-17-16(9-26-18)21(32-10-13-6-14(11-32)31(13)3)30-33(17)19-8-20(35-15-4-5-15)29-22(28-19)23(2,24)25/h7-9,13-15H,4-6,10-11H2,1-3H3,(H,26,27,34). The van der Waals surface area contributed by atoms with E-state index in [0.29, 0.717) is 29.2 Å². The SMILES string of the molecule is CC(=O)Nc1cc2c(cn1)c(N1CC3CC(C1)N3C)nn2-c1cc(OC2CC2)nc(C(C)(F)F)n1. The molecule has 7 rings (SSSR count). The zero-order chi connectivity index (χ0) is 24.5. The molecule has 1 amide bonds. The Morgan fingerprint density at radius 3 is 2.57 bits per heavy atom. The number of piperidine rings is 1. The number of ether oxygens (including phenoxy) is 1. The van der Waals surface area contributed by atoms with Crippen LogP contribution >= 0.6 is 0 Å². The van der Waals surface area contributed by atoms with E-state index in [9.17, 15) is 13.6 Å². The van der Waals surface area contributed by atoms with Gasteiger partial charge in [0.2, 0.25) is 17.6 Å². The van der Waals surface area contributed by atoms with Crippen LogP contribution in [0.3, 0.4) is 0 Å². The van der Waals surface area contributed by atoms with Crippen LogP contribution in [-0.4, -0.2) is 73.9 Å². The van der Waals surface area contributed by atoms with Gasteiger partial charge in [0, 0.05) is 57.4 Å². The maximum absolute atomic E-state index is 14.3. The molecule has 1 saturated carbocycles. The first-order valence-electron chi connectivity index (χ1n) is 11.7. The Morgan fingerprint density at radius 1 is 1.20 bits per heavy atom. The quantitative estimate of drug-likeness (QED) is 0.570. The fraction of sp³-hybridized carbons (Fsp3) is 0.522. The second-order valence-electron chi connectivity index (χ2n) is 9.71. The molecule has 1 N–H and O–H groups in total. The summed E-state index contributed by atoms with van der Waals surface area (Å²) in [5.41, 5.74) is 0.591. The molecule has 3 aliphatic heterocycles. The number of likely N-dealkylation sites (N-methyl/N-ethyl adjacent to an activating group) is 1. The normalized spacial score (nSPS) is 22.3. The van der Waals surface area contributed by atoms with Crippen molar-refractivity contribution in [1.29, 1.82) is 0 Å². The first-order chi connectivity index (χ1) is 16.7. The Kier molecular flexibility index (Phi) is 4.92. The van der Waals surface area contributed by atoms with E-state index < -0.39 is 11.7 Å². The minimum Gasteiger partial charge on any atom is -0.474 e. The fourth-order valence-electron chi connectivity index (χ4n) is 4.76. The zero-order valence-electron chi connectivity index (χ0n) is 19.7. The van der Waals surface area contributed by atoms with Crippen molar-refractivity contribution in [2.75, 3.05) is 30.4 Å². The molecule has 6 heterocycles. The first kappa shape index (κ1) is 22.1. The molecule has 3 aromatic rings. The first-order valence-corrected chi connectivity index (χ1v) is 11.7. The van der Waals surface area contributed by atoms with Crippen LogP contribution in [0.4, 0.5) is 20.4 Å². The number of fused-ring (bicyclic) bond motifs is 3. The number of nitrogens with zero attached hydrogens (tertiary/aromatic N) is 7. The minimum absolute atomic E-state index is 0.0198. The Hall–Kier alpha value is -3.41. The molecule has 12 heteroatoms. The summed E-state index contributed by atoms with van der Waals surface area (Å²) in [7, 11) is 2.13. The number of hydrogen-bond acceptors (Lipinski definition) is 8. The van der Waals surface area contributed by atoms with Gasteiger partial charge in [-0.3, -0.25) is 9.69 Å². The van der Waals surface area contributed by atoms with Gasteiger partial charge in [-0.2, -0.15) is 13.8 Å². The van der Waals surface area contributed by atoms with Crippen LogP contribution in [0.15, 0.2) is 18.3 Å². The third-order valence-corrected chi connectivity index (χ3v) is 6.82. The van der Waals surface area contributed by atoms with Gasteiger partial charge in [-0.15, -0.1) is 5.10 Å². The van der Waals surface area contributed by atoms with E-state index in [0.717, 1.165) is 44.7 Å². The maximum atomic E-state index is 14.3. The molecule has 2 atom stereocenters. The zero-order valence-corrected chi connectivity index (χ0v) is 19.7. The van der Waals surface area contributed by atoms with Crippen LogP contribution in [0.1, 0.15) is 38.9 Å². The molecule has 2 bridgehead atoms. The number of alkyl halides is 2. The highest BCUT2D eigenvalue weighted by atomic mass is 19.3. The molecule has 4 aliphatic rings. The van der Waals surface area contributed by atoms with Crippen LogP contribution in [0.25, 0.3) is 16.7 Å². The molecule has 3 saturated heterocycles. The third kappa shape index (κ3) is 4.05. The lowest BCUT2D eigenvalue weighted by Crippen LogP contribution is -2.67. The molecule has 1 aliphatic carbocycles. The summed E-state index contributed by atoms with van der Waals surface area (Å²) < 4.78 is 35.9. The number of anilines is 2. The van der Waals surface area contributed by atoms with Crippen molar-refractivity contribution in [1.82, 2.24) is 29.6 Å². The van der Waals surface area contributed by atoms with Crippen LogP contribution in [0, 0.1) is 0 Å². The Morgan fingerprint density at radius 2 is 1.94 bits per heavy atom. The van der Waals surface area contributed by atoms with Gasteiger partial charge in [-0.25, -0.2) is 14.6 Å². The molecule has 4 fully saturated rings. The highest BCUT2D eigenvalue weighted by Gasteiger charge is 2.43. The summed E-state index contributed by atoms with van der Waals surface area (Å²) in [6.45, 7) is 3.77. The molecular formula is C23H26F2N8O2. The summed E-state index contributed by atoms with van der Waals surface area (Å²) in [4.78, 5) is 28.7. The van der Waals surface area contributed by atoms with Crippen molar-refractivity contribution in [2.24, 2.45) is 0 Å². The van der Waals surface area contributed by atoms with Gasteiger partial charge < -0.3 is 15.0 Å². The average molecular weight is 485 g/mol. The van der Waals surface area contributed by atoms with Gasteiger partial charge in [0.25, 0.3) is 0 Å². The number of rotatable bonds is 6. The lowest BCUT2D eigenvalue weighted by atomic mass is 9.88. The van der Waals surface area contributed by atoms with Crippen LogP contribution in [-0.2, 0) is 10.7 Å². The molecule has 2 unspecified atom stereocenters. The number of piperazine rings is 1. The molecule has 10 nitrogen and oxygen atoms in total. The largest absolute Gasteiger partial charge is 0.474 e. The number of aromatic nitrogens is 5. The van der Waals surface area contributed by atoms with Crippen molar-refractivity contribution in [2.45, 2.75) is 57.2 Å². The summed E-state index contributed by atoms with van der Waals surface area (Å²) in [6, 6.07) is 4.10. The van der Waals surface area contributed by atoms with Crippen molar-refractivity contribution in [3.63, 3.8) is 0 Å². The number of amides is 1. The number of halogens is 2. The van der Waals surface area contributed by atoms with Crippen molar-refractivity contribution in [3.8, 4) is 11.7 Å². The van der Waals surface area contributed by atoms with E-state index in [2.05, 4.69) is 37.1 Å². The molecule has 0 aromatic carbocycles. The van der Waals surface area contributed by atoms with E-state index in [1.807, 2.05) is 0 Å². The number of nitrogens with one attached hydrogen (secondary N) is 1. The van der Waals surface area contributed by atoms with Crippen LogP contribution in [0.5, 0.6) is 5.88 Å². The molecule has 0 spiro atoms. The summed E-state index contributed by atoms with van der Waals surface area (Å²) in [6.07, 6.45) is 4.52. The van der Waals surface area contributed by atoms with Crippen molar-refractivity contribution in [3.05, 3.63) is 24.2 Å². The summed E-state index contributed by atoms with van der Waals surface area (Å²) >= 11 is 0. The second kappa shape index (κ2) is 7.80. The number of hydrogen-bond donors (Lipinski definition) is 1. The summed E-state index contributed by atoms with van der Waals surface area (Å²) in [5.74, 6) is -2.85. The average Bonchev–Trinajstić information content (AvgIpc) is 3.54. The summed E-state index contributed by atoms with van der Waals surface area (Å²) in [5, 5.41) is 8.25. The fourth-order valence-corrected chi connectivity index (χ4v) is 4.76. The van der Waals surface area contributed by atoms with Gasteiger partial charge in [0.15, 0.2) is 11.6 Å².